The summed E-state index contributed by atoms with van der Waals surface area (Å²) in [7, 11) is 4.97. The SMILES string of the molecule is CNCC(=O)Nc1ccc(Cl)c(C(=O)N(C)C)c1.Cl. The molecule has 0 atom stereocenters. The van der Waals surface area contributed by atoms with Crippen molar-refractivity contribution in [3.63, 3.8) is 0 Å². The van der Waals surface area contributed by atoms with Crippen LogP contribution in [0.3, 0.4) is 0 Å². The third-order valence-electron chi connectivity index (χ3n) is 2.22. The third kappa shape index (κ3) is 5.06. The van der Waals surface area contributed by atoms with Crippen molar-refractivity contribution in [3.8, 4) is 0 Å². The summed E-state index contributed by atoms with van der Waals surface area (Å²) in [6, 6.07) is 4.81. The van der Waals surface area contributed by atoms with E-state index in [1.807, 2.05) is 0 Å². The van der Waals surface area contributed by atoms with Crippen LogP contribution in [-0.4, -0.2) is 44.4 Å². The van der Waals surface area contributed by atoms with Crippen molar-refractivity contribution in [2.24, 2.45) is 0 Å². The van der Waals surface area contributed by atoms with Crippen LogP contribution in [0.4, 0.5) is 5.69 Å². The molecule has 106 valence electrons. The zero-order valence-corrected chi connectivity index (χ0v) is 12.6. The van der Waals surface area contributed by atoms with Crippen molar-refractivity contribution < 1.29 is 9.59 Å². The first kappa shape index (κ1) is 17.7. The number of rotatable bonds is 4. The Hall–Kier alpha value is -1.30. The summed E-state index contributed by atoms with van der Waals surface area (Å²) < 4.78 is 0. The van der Waals surface area contributed by atoms with E-state index in [1.54, 1.807) is 39.3 Å². The second-order valence-corrected chi connectivity index (χ2v) is 4.38. The number of carbonyl (C=O) groups is 2. The van der Waals surface area contributed by atoms with Crippen molar-refractivity contribution >= 4 is 41.5 Å². The number of nitrogens with zero attached hydrogens (tertiary/aromatic N) is 1. The van der Waals surface area contributed by atoms with Gasteiger partial charge in [-0.3, -0.25) is 9.59 Å². The molecule has 0 aromatic heterocycles. The van der Waals surface area contributed by atoms with Gasteiger partial charge >= 0.3 is 0 Å². The summed E-state index contributed by atoms with van der Waals surface area (Å²) in [4.78, 5) is 24.7. The van der Waals surface area contributed by atoms with Crippen LogP contribution in [0.1, 0.15) is 10.4 Å². The highest BCUT2D eigenvalue weighted by atomic mass is 35.5. The summed E-state index contributed by atoms with van der Waals surface area (Å²) in [5.41, 5.74) is 0.911. The van der Waals surface area contributed by atoms with Crippen LogP contribution in [0.2, 0.25) is 5.02 Å². The first-order valence-electron chi connectivity index (χ1n) is 5.41. The molecule has 2 N–H and O–H groups in total. The Labute approximate surface area is 123 Å². The molecule has 0 fully saturated rings. The molecule has 1 aromatic carbocycles. The van der Waals surface area contributed by atoms with Crippen LogP contribution in [0, 0.1) is 0 Å². The highest BCUT2D eigenvalue weighted by Crippen LogP contribution is 2.21. The minimum atomic E-state index is -0.204. The van der Waals surface area contributed by atoms with Gasteiger partial charge in [-0.1, -0.05) is 11.6 Å². The molecule has 0 saturated heterocycles. The Bertz CT molecular complexity index is 464. The first-order chi connectivity index (χ1) is 8.45. The monoisotopic (exact) mass is 305 g/mol. The van der Waals surface area contributed by atoms with Crippen LogP contribution in [0.15, 0.2) is 18.2 Å². The van der Waals surface area contributed by atoms with Gasteiger partial charge in [0, 0.05) is 19.8 Å². The molecule has 0 aliphatic rings. The van der Waals surface area contributed by atoms with Crippen molar-refractivity contribution in [3.05, 3.63) is 28.8 Å². The quantitative estimate of drug-likeness (QED) is 0.888. The van der Waals surface area contributed by atoms with Gasteiger partial charge < -0.3 is 15.5 Å². The fraction of sp³-hybridized carbons (Fsp3) is 0.333. The maximum Gasteiger partial charge on any atom is 0.254 e. The Balaban J connectivity index is 0.00000324. The zero-order chi connectivity index (χ0) is 13.7. The second-order valence-electron chi connectivity index (χ2n) is 3.97. The van der Waals surface area contributed by atoms with E-state index >= 15 is 0 Å². The second kappa shape index (κ2) is 7.99. The lowest BCUT2D eigenvalue weighted by Crippen LogP contribution is -2.25. The number of likely N-dealkylation sites (N-methyl/N-ethyl adjacent to an activating group) is 1. The zero-order valence-electron chi connectivity index (χ0n) is 11.0. The fourth-order valence-corrected chi connectivity index (χ4v) is 1.57. The fourth-order valence-electron chi connectivity index (χ4n) is 1.37. The Morgan fingerprint density at radius 2 is 1.95 bits per heavy atom. The molecule has 0 bridgehead atoms. The lowest BCUT2D eigenvalue weighted by Gasteiger charge is -2.13. The molecule has 19 heavy (non-hydrogen) atoms. The number of hydrogen-bond donors (Lipinski definition) is 2. The lowest BCUT2D eigenvalue weighted by molar-refractivity contribution is -0.115. The number of hydrogen-bond acceptors (Lipinski definition) is 3. The van der Waals surface area contributed by atoms with Crippen molar-refractivity contribution in [1.29, 1.82) is 0 Å². The normalized spacial score (nSPS) is 9.47. The minimum absolute atomic E-state index is 0. The molecule has 0 aliphatic heterocycles. The van der Waals surface area contributed by atoms with Gasteiger partial charge in [-0.25, -0.2) is 0 Å². The number of nitrogens with one attached hydrogen (secondary N) is 2. The highest BCUT2D eigenvalue weighted by molar-refractivity contribution is 6.34. The van der Waals surface area contributed by atoms with E-state index < -0.39 is 0 Å². The average Bonchev–Trinajstić information content (AvgIpc) is 2.31. The van der Waals surface area contributed by atoms with Crippen molar-refractivity contribution in [2.45, 2.75) is 0 Å². The Morgan fingerprint density at radius 3 is 2.47 bits per heavy atom. The molecule has 2 amide bonds. The lowest BCUT2D eigenvalue weighted by atomic mass is 10.1. The summed E-state index contributed by atoms with van der Waals surface area (Å²) in [6.45, 7) is 0.208. The molecule has 7 heteroatoms. The van der Waals surface area contributed by atoms with Gasteiger partial charge in [0.25, 0.3) is 5.91 Å². The number of amides is 2. The molecule has 1 rings (SSSR count). The summed E-state index contributed by atoms with van der Waals surface area (Å²) in [5, 5.41) is 5.78. The van der Waals surface area contributed by atoms with Crippen LogP contribution in [-0.2, 0) is 4.79 Å². The molecule has 0 radical (unpaired) electrons. The Kier molecular flexibility index (Phi) is 7.44. The van der Waals surface area contributed by atoms with Gasteiger partial charge in [-0.05, 0) is 25.2 Å². The van der Waals surface area contributed by atoms with Crippen molar-refractivity contribution in [1.82, 2.24) is 10.2 Å². The molecule has 1 aromatic rings. The molecule has 0 heterocycles. The summed E-state index contributed by atoms with van der Waals surface area (Å²) >= 11 is 5.96. The van der Waals surface area contributed by atoms with Gasteiger partial charge in [0.15, 0.2) is 0 Å². The van der Waals surface area contributed by atoms with Gasteiger partial charge in [0.2, 0.25) is 5.91 Å². The topological polar surface area (TPSA) is 61.4 Å². The van der Waals surface area contributed by atoms with E-state index in [2.05, 4.69) is 10.6 Å². The summed E-state index contributed by atoms with van der Waals surface area (Å²) in [6.07, 6.45) is 0. The number of carbonyl (C=O) groups excluding carboxylic acids is 2. The molecule has 5 nitrogen and oxygen atoms in total. The number of halogens is 2. The van der Waals surface area contributed by atoms with Crippen molar-refractivity contribution in [2.75, 3.05) is 33.0 Å². The molecule has 0 unspecified atom stereocenters. The van der Waals surface area contributed by atoms with E-state index in [0.29, 0.717) is 16.3 Å². The van der Waals surface area contributed by atoms with E-state index in [4.69, 9.17) is 11.6 Å². The maximum absolute atomic E-state index is 11.8. The first-order valence-corrected chi connectivity index (χ1v) is 5.79. The highest BCUT2D eigenvalue weighted by Gasteiger charge is 2.13. The van der Waals surface area contributed by atoms with E-state index in [1.165, 1.54) is 4.90 Å². The van der Waals surface area contributed by atoms with Gasteiger partial charge in [-0.2, -0.15) is 0 Å². The summed E-state index contributed by atoms with van der Waals surface area (Å²) in [5.74, 6) is -0.382. The van der Waals surface area contributed by atoms with E-state index in [9.17, 15) is 9.59 Å². The Morgan fingerprint density at radius 1 is 1.32 bits per heavy atom. The van der Waals surface area contributed by atoms with Crippen LogP contribution >= 0.6 is 24.0 Å². The molecular formula is C12H17Cl2N3O2. The van der Waals surface area contributed by atoms with Crippen LogP contribution in [0.25, 0.3) is 0 Å². The standard InChI is InChI=1S/C12H16ClN3O2.ClH/c1-14-7-11(17)15-8-4-5-10(13)9(6-8)12(18)16(2)3;/h4-6,14H,7H2,1-3H3,(H,15,17);1H. The maximum atomic E-state index is 11.8. The van der Waals surface area contributed by atoms with Gasteiger partial charge in [0.1, 0.15) is 0 Å². The number of benzene rings is 1. The third-order valence-corrected chi connectivity index (χ3v) is 2.55. The van der Waals surface area contributed by atoms with Crippen LogP contribution < -0.4 is 10.6 Å². The van der Waals surface area contributed by atoms with Crippen LogP contribution in [0.5, 0.6) is 0 Å². The predicted molar refractivity (Wildman–Crippen MR) is 79.3 cm³/mol. The molecule has 0 aliphatic carbocycles. The molecule has 0 saturated carbocycles. The molecular weight excluding hydrogens is 289 g/mol. The van der Waals surface area contributed by atoms with Gasteiger partial charge in [-0.15, -0.1) is 12.4 Å². The number of anilines is 1. The van der Waals surface area contributed by atoms with Gasteiger partial charge in [0.05, 0.1) is 17.1 Å². The molecule has 0 spiro atoms. The van der Waals surface area contributed by atoms with E-state index in [-0.39, 0.29) is 30.8 Å². The smallest absolute Gasteiger partial charge is 0.254 e. The largest absolute Gasteiger partial charge is 0.345 e. The van der Waals surface area contributed by atoms with E-state index in [0.717, 1.165) is 0 Å². The minimum Gasteiger partial charge on any atom is -0.345 e. The predicted octanol–water partition coefficient (Wildman–Crippen LogP) is 1.62. The average molecular weight is 306 g/mol.